The molecular formula is C21H20ClN5O3S. The van der Waals surface area contributed by atoms with Crippen LogP contribution in [-0.4, -0.2) is 39.4 Å². The van der Waals surface area contributed by atoms with Gasteiger partial charge in [-0.25, -0.2) is 0 Å². The Labute approximate surface area is 188 Å². The largest absolute Gasteiger partial charge is 0.497 e. The zero-order valence-electron chi connectivity index (χ0n) is 16.7. The van der Waals surface area contributed by atoms with Crippen LogP contribution in [-0.2, 0) is 11.3 Å². The van der Waals surface area contributed by atoms with E-state index >= 15 is 0 Å². The number of nitrogens with one attached hydrogen (secondary N) is 2. The summed E-state index contributed by atoms with van der Waals surface area (Å²) in [5.41, 5.74) is 6.00. The highest BCUT2D eigenvalue weighted by Crippen LogP contribution is 2.25. The molecule has 2 N–H and O–H groups in total. The van der Waals surface area contributed by atoms with Gasteiger partial charge in [0.15, 0.2) is 11.0 Å². The Bertz CT molecular complexity index is 1070. The van der Waals surface area contributed by atoms with E-state index in [0.29, 0.717) is 28.1 Å². The zero-order valence-corrected chi connectivity index (χ0v) is 18.2. The van der Waals surface area contributed by atoms with Gasteiger partial charge in [0.1, 0.15) is 5.75 Å². The van der Waals surface area contributed by atoms with Crippen LogP contribution in [0.15, 0.2) is 66.3 Å². The van der Waals surface area contributed by atoms with E-state index in [0.717, 1.165) is 11.3 Å². The lowest BCUT2D eigenvalue weighted by Crippen LogP contribution is -2.42. The van der Waals surface area contributed by atoms with E-state index < -0.39 is 5.91 Å². The van der Waals surface area contributed by atoms with Crippen molar-refractivity contribution in [3.8, 4) is 17.1 Å². The number of hydrogen-bond acceptors (Lipinski definition) is 6. The highest BCUT2D eigenvalue weighted by Gasteiger charge is 2.15. The number of nitrogens with zero attached hydrogens (tertiary/aromatic N) is 3. The average molecular weight is 458 g/mol. The first-order valence-corrected chi connectivity index (χ1v) is 10.5. The third-order valence-electron chi connectivity index (χ3n) is 4.13. The van der Waals surface area contributed by atoms with Gasteiger partial charge < -0.3 is 4.74 Å². The molecule has 0 unspecified atom stereocenters. The van der Waals surface area contributed by atoms with Crippen LogP contribution in [0.25, 0.3) is 11.4 Å². The number of carbonyl (C=O) groups excluding carboxylic acids is 2. The topological polar surface area (TPSA) is 98.1 Å². The fraction of sp³-hybridized carbons (Fsp3) is 0.143. The van der Waals surface area contributed by atoms with Gasteiger partial charge in [-0.3, -0.25) is 25.0 Å². The Hall–Kier alpha value is -3.30. The predicted molar refractivity (Wildman–Crippen MR) is 120 cm³/mol. The van der Waals surface area contributed by atoms with Crippen molar-refractivity contribution >= 4 is 35.2 Å². The number of halogens is 1. The molecule has 1 heterocycles. The molecule has 31 heavy (non-hydrogen) atoms. The summed E-state index contributed by atoms with van der Waals surface area (Å²) in [6.07, 6.45) is 1.73. The molecule has 0 saturated carbocycles. The summed E-state index contributed by atoms with van der Waals surface area (Å²) in [6.45, 7) is 4.25. The summed E-state index contributed by atoms with van der Waals surface area (Å²) in [5.74, 6) is 0.615. The summed E-state index contributed by atoms with van der Waals surface area (Å²) in [7, 11) is 1.60. The summed E-state index contributed by atoms with van der Waals surface area (Å²) in [6, 6.07) is 13.8. The van der Waals surface area contributed by atoms with Gasteiger partial charge in [-0.05, 0) is 48.5 Å². The highest BCUT2D eigenvalue weighted by atomic mass is 35.5. The predicted octanol–water partition coefficient (Wildman–Crippen LogP) is 3.35. The number of amides is 2. The SMILES string of the molecule is C=CCn1c(SCC(=O)NNC(=O)c2ccc(Cl)cc2)nnc1-c1ccc(OC)cc1. The second-order valence-electron chi connectivity index (χ2n) is 6.23. The van der Waals surface area contributed by atoms with E-state index in [9.17, 15) is 9.59 Å². The molecule has 0 atom stereocenters. The molecule has 8 nitrogen and oxygen atoms in total. The Morgan fingerprint density at radius 2 is 1.84 bits per heavy atom. The molecule has 0 saturated heterocycles. The fourth-order valence-corrected chi connectivity index (χ4v) is 3.48. The van der Waals surface area contributed by atoms with Crippen molar-refractivity contribution in [1.82, 2.24) is 25.6 Å². The quantitative estimate of drug-likeness (QED) is 0.306. The maximum Gasteiger partial charge on any atom is 0.269 e. The van der Waals surface area contributed by atoms with E-state index in [1.807, 2.05) is 28.8 Å². The number of ether oxygens (including phenoxy) is 1. The van der Waals surface area contributed by atoms with Gasteiger partial charge in [0.05, 0.1) is 12.9 Å². The van der Waals surface area contributed by atoms with E-state index in [4.69, 9.17) is 16.3 Å². The molecule has 0 aliphatic heterocycles. The smallest absolute Gasteiger partial charge is 0.269 e. The van der Waals surface area contributed by atoms with Gasteiger partial charge in [0.2, 0.25) is 5.91 Å². The fourth-order valence-electron chi connectivity index (χ4n) is 2.61. The normalized spacial score (nSPS) is 10.4. The highest BCUT2D eigenvalue weighted by molar-refractivity contribution is 7.99. The van der Waals surface area contributed by atoms with Gasteiger partial charge in [-0.1, -0.05) is 29.4 Å². The van der Waals surface area contributed by atoms with Gasteiger partial charge >= 0.3 is 0 Å². The van der Waals surface area contributed by atoms with Crippen molar-refractivity contribution in [2.45, 2.75) is 11.7 Å². The molecule has 0 bridgehead atoms. The van der Waals surface area contributed by atoms with Crippen LogP contribution in [0.4, 0.5) is 0 Å². The summed E-state index contributed by atoms with van der Waals surface area (Å²) >= 11 is 7.01. The van der Waals surface area contributed by atoms with Crippen molar-refractivity contribution < 1.29 is 14.3 Å². The molecule has 10 heteroatoms. The maximum atomic E-state index is 12.2. The number of benzene rings is 2. The number of rotatable bonds is 8. The monoisotopic (exact) mass is 457 g/mol. The number of hydrazine groups is 1. The van der Waals surface area contributed by atoms with Crippen LogP contribution in [0, 0.1) is 0 Å². The molecule has 0 spiro atoms. The molecule has 0 aliphatic carbocycles. The Balaban J connectivity index is 1.60. The lowest BCUT2D eigenvalue weighted by Gasteiger charge is -2.09. The van der Waals surface area contributed by atoms with Crippen LogP contribution in [0.3, 0.4) is 0 Å². The standard InChI is InChI=1S/C21H20ClN5O3S/c1-3-12-27-19(14-6-10-17(30-2)11-7-14)24-26-21(27)31-13-18(28)23-25-20(29)15-4-8-16(22)9-5-15/h3-11H,1,12-13H2,2H3,(H,23,28)(H,25,29). The molecule has 3 aromatic rings. The van der Waals surface area contributed by atoms with Crippen molar-refractivity contribution in [2.75, 3.05) is 12.9 Å². The number of aromatic nitrogens is 3. The van der Waals surface area contributed by atoms with Gasteiger partial charge in [-0.2, -0.15) is 0 Å². The first-order valence-electron chi connectivity index (χ1n) is 9.18. The lowest BCUT2D eigenvalue weighted by molar-refractivity contribution is -0.119. The maximum absolute atomic E-state index is 12.2. The Morgan fingerprint density at radius 3 is 2.48 bits per heavy atom. The van der Waals surface area contributed by atoms with E-state index in [1.54, 1.807) is 37.5 Å². The van der Waals surface area contributed by atoms with Crippen molar-refractivity contribution in [1.29, 1.82) is 0 Å². The first-order chi connectivity index (χ1) is 15.0. The van der Waals surface area contributed by atoms with Gasteiger partial charge in [0.25, 0.3) is 5.91 Å². The zero-order chi connectivity index (χ0) is 22.2. The van der Waals surface area contributed by atoms with Crippen LogP contribution >= 0.6 is 23.4 Å². The molecule has 2 amide bonds. The number of allylic oxidation sites excluding steroid dienone is 1. The van der Waals surface area contributed by atoms with E-state index in [1.165, 1.54) is 11.8 Å². The summed E-state index contributed by atoms with van der Waals surface area (Å²) in [4.78, 5) is 24.2. The molecule has 3 rings (SSSR count). The second-order valence-corrected chi connectivity index (χ2v) is 7.61. The van der Waals surface area contributed by atoms with Gasteiger partial charge in [0, 0.05) is 22.7 Å². The number of thioether (sulfide) groups is 1. The number of methoxy groups -OCH3 is 1. The third kappa shape index (κ3) is 5.87. The summed E-state index contributed by atoms with van der Waals surface area (Å²) in [5, 5.41) is 9.53. The Morgan fingerprint density at radius 1 is 1.13 bits per heavy atom. The van der Waals surface area contributed by atoms with Crippen molar-refractivity contribution in [3.05, 3.63) is 71.8 Å². The minimum absolute atomic E-state index is 0.0405. The Kier molecular flexibility index (Phi) is 7.69. The van der Waals surface area contributed by atoms with Crippen LogP contribution in [0.5, 0.6) is 5.75 Å². The number of hydrogen-bond donors (Lipinski definition) is 2. The molecule has 160 valence electrons. The molecule has 0 fully saturated rings. The van der Waals surface area contributed by atoms with E-state index in [2.05, 4.69) is 27.6 Å². The summed E-state index contributed by atoms with van der Waals surface area (Å²) < 4.78 is 7.04. The molecule has 2 aromatic carbocycles. The van der Waals surface area contributed by atoms with Gasteiger partial charge in [-0.15, -0.1) is 16.8 Å². The second kappa shape index (κ2) is 10.6. The molecular weight excluding hydrogens is 438 g/mol. The molecule has 0 aliphatic rings. The van der Waals surface area contributed by atoms with Crippen molar-refractivity contribution in [3.63, 3.8) is 0 Å². The van der Waals surface area contributed by atoms with Crippen LogP contribution in [0.2, 0.25) is 5.02 Å². The van der Waals surface area contributed by atoms with Crippen LogP contribution < -0.4 is 15.6 Å². The first kappa shape index (κ1) is 22.4. The lowest BCUT2D eigenvalue weighted by atomic mass is 10.2. The minimum atomic E-state index is -0.438. The van der Waals surface area contributed by atoms with Crippen LogP contribution in [0.1, 0.15) is 10.4 Å². The number of carbonyl (C=O) groups is 2. The third-order valence-corrected chi connectivity index (χ3v) is 5.35. The van der Waals surface area contributed by atoms with Crippen molar-refractivity contribution in [2.24, 2.45) is 0 Å². The molecule has 1 aromatic heterocycles. The molecule has 0 radical (unpaired) electrons. The van der Waals surface area contributed by atoms with E-state index in [-0.39, 0.29) is 11.7 Å². The average Bonchev–Trinajstić information content (AvgIpc) is 3.19. The minimum Gasteiger partial charge on any atom is -0.497 e.